The van der Waals surface area contributed by atoms with E-state index in [1.165, 1.54) is 0 Å². The van der Waals surface area contributed by atoms with Crippen molar-refractivity contribution >= 4 is 5.96 Å². The zero-order valence-electron chi connectivity index (χ0n) is 13.1. The molecule has 1 aromatic carbocycles. The highest BCUT2D eigenvalue weighted by Crippen LogP contribution is 2.32. The van der Waals surface area contributed by atoms with Crippen LogP contribution in [-0.2, 0) is 13.0 Å². The molecule has 0 unspecified atom stereocenters. The molecule has 1 aromatic heterocycles. The standard InChI is InChI=1S/C15H19N5O3/c1-10-19-14(23-20-10)5-6-17-15(16-2)18-8-11-3-4-12-13(7-11)22-9-21-12/h3-4,7H,5-6,8-9H2,1-2H3,(H2,16,17,18). The van der Waals surface area contributed by atoms with E-state index in [2.05, 4.69) is 25.8 Å². The number of rotatable bonds is 5. The number of fused-ring (bicyclic) bond motifs is 1. The molecule has 2 aromatic rings. The lowest BCUT2D eigenvalue weighted by molar-refractivity contribution is 0.174. The van der Waals surface area contributed by atoms with Crippen molar-refractivity contribution in [2.45, 2.75) is 19.9 Å². The molecule has 1 aliphatic rings. The molecule has 0 amide bonds. The van der Waals surface area contributed by atoms with Crippen molar-refractivity contribution in [2.24, 2.45) is 4.99 Å². The number of nitrogens with zero attached hydrogens (tertiary/aromatic N) is 3. The van der Waals surface area contributed by atoms with Gasteiger partial charge in [0.25, 0.3) is 0 Å². The molecule has 0 saturated heterocycles. The Balaban J connectivity index is 1.46. The second kappa shape index (κ2) is 6.99. The molecular weight excluding hydrogens is 298 g/mol. The van der Waals surface area contributed by atoms with Crippen LogP contribution in [0.15, 0.2) is 27.7 Å². The Morgan fingerprint density at radius 2 is 2.13 bits per heavy atom. The predicted molar refractivity (Wildman–Crippen MR) is 83.5 cm³/mol. The van der Waals surface area contributed by atoms with Crippen molar-refractivity contribution in [1.82, 2.24) is 20.8 Å². The minimum absolute atomic E-state index is 0.282. The highest BCUT2D eigenvalue weighted by Gasteiger charge is 2.13. The number of nitrogens with one attached hydrogen (secondary N) is 2. The van der Waals surface area contributed by atoms with Crippen molar-refractivity contribution in [3.63, 3.8) is 0 Å². The van der Waals surface area contributed by atoms with Gasteiger partial charge in [0, 0.05) is 26.6 Å². The molecule has 2 heterocycles. The van der Waals surface area contributed by atoms with E-state index in [9.17, 15) is 0 Å². The second-order valence-corrected chi connectivity index (χ2v) is 5.03. The molecular formula is C15H19N5O3. The van der Waals surface area contributed by atoms with Crippen LogP contribution in [0.25, 0.3) is 0 Å². The van der Waals surface area contributed by atoms with E-state index in [0.29, 0.717) is 37.2 Å². The summed E-state index contributed by atoms with van der Waals surface area (Å²) >= 11 is 0. The van der Waals surface area contributed by atoms with Gasteiger partial charge in [-0.3, -0.25) is 4.99 Å². The van der Waals surface area contributed by atoms with Crippen molar-refractivity contribution in [3.8, 4) is 11.5 Å². The molecule has 2 N–H and O–H groups in total. The molecule has 0 fully saturated rings. The van der Waals surface area contributed by atoms with Crippen LogP contribution in [0.2, 0.25) is 0 Å². The second-order valence-electron chi connectivity index (χ2n) is 5.03. The maximum Gasteiger partial charge on any atom is 0.231 e. The van der Waals surface area contributed by atoms with Gasteiger partial charge in [-0.2, -0.15) is 4.98 Å². The van der Waals surface area contributed by atoms with E-state index < -0.39 is 0 Å². The average Bonchev–Trinajstić information content (AvgIpc) is 3.18. The minimum Gasteiger partial charge on any atom is -0.454 e. The van der Waals surface area contributed by atoms with E-state index in [0.717, 1.165) is 17.1 Å². The number of aliphatic imine (C=N–C) groups is 1. The number of aryl methyl sites for hydroxylation is 1. The van der Waals surface area contributed by atoms with Gasteiger partial charge >= 0.3 is 0 Å². The first-order valence-electron chi connectivity index (χ1n) is 7.37. The molecule has 1 aliphatic heterocycles. The van der Waals surface area contributed by atoms with Crippen LogP contribution in [0.1, 0.15) is 17.3 Å². The zero-order valence-corrected chi connectivity index (χ0v) is 13.1. The molecule has 8 nitrogen and oxygen atoms in total. The summed E-state index contributed by atoms with van der Waals surface area (Å²) < 4.78 is 15.7. The number of ether oxygens (including phenoxy) is 2. The number of guanidine groups is 1. The van der Waals surface area contributed by atoms with Gasteiger partial charge in [-0.25, -0.2) is 0 Å². The maximum atomic E-state index is 5.37. The van der Waals surface area contributed by atoms with Crippen molar-refractivity contribution in [2.75, 3.05) is 20.4 Å². The van der Waals surface area contributed by atoms with Crippen LogP contribution >= 0.6 is 0 Å². The lowest BCUT2D eigenvalue weighted by Crippen LogP contribution is -2.37. The first-order chi connectivity index (χ1) is 11.2. The van der Waals surface area contributed by atoms with Gasteiger partial charge in [-0.05, 0) is 24.6 Å². The van der Waals surface area contributed by atoms with Crippen molar-refractivity contribution in [3.05, 3.63) is 35.5 Å². The summed E-state index contributed by atoms with van der Waals surface area (Å²) in [6.07, 6.45) is 0.644. The van der Waals surface area contributed by atoms with E-state index in [-0.39, 0.29) is 6.79 Å². The van der Waals surface area contributed by atoms with Gasteiger partial charge in [-0.15, -0.1) is 0 Å². The van der Waals surface area contributed by atoms with E-state index in [1.54, 1.807) is 14.0 Å². The largest absolute Gasteiger partial charge is 0.454 e. The van der Waals surface area contributed by atoms with Gasteiger partial charge in [0.2, 0.25) is 12.7 Å². The van der Waals surface area contributed by atoms with Gasteiger partial charge in [0.1, 0.15) is 0 Å². The monoisotopic (exact) mass is 317 g/mol. The molecule has 0 aliphatic carbocycles. The van der Waals surface area contributed by atoms with Crippen molar-refractivity contribution in [1.29, 1.82) is 0 Å². The molecule has 3 rings (SSSR count). The summed E-state index contributed by atoms with van der Waals surface area (Å²) in [5.41, 5.74) is 1.09. The first kappa shape index (κ1) is 15.1. The van der Waals surface area contributed by atoms with E-state index >= 15 is 0 Å². The van der Waals surface area contributed by atoms with E-state index in [4.69, 9.17) is 14.0 Å². The molecule has 8 heteroatoms. The fraction of sp³-hybridized carbons (Fsp3) is 0.400. The third kappa shape index (κ3) is 3.91. The molecule has 0 spiro atoms. The summed E-state index contributed by atoms with van der Waals surface area (Å²) in [7, 11) is 1.73. The Kier molecular flexibility index (Phi) is 4.60. The fourth-order valence-electron chi connectivity index (χ4n) is 2.19. The highest BCUT2D eigenvalue weighted by atomic mass is 16.7. The molecule has 122 valence electrons. The SMILES string of the molecule is CN=C(NCCc1nc(C)no1)NCc1ccc2c(c1)OCO2. The third-order valence-electron chi connectivity index (χ3n) is 3.32. The summed E-state index contributed by atoms with van der Waals surface area (Å²) in [5, 5.41) is 10.2. The molecule has 0 radical (unpaired) electrons. The van der Waals surface area contributed by atoms with Gasteiger partial charge in [0.15, 0.2) is 23.3 Å². The third-order valence-corrected chi connectivity index (χ3v) is 3.32. The Hall–Kier alpha value is -2.77. The number of hydrogen-bond donors (Lipinski definition) is 2. The Labute approximate surface area is 133 Å². The highest BCUT2D eigenvalue weighted by molar-refractivity contribution is 5.79. The van der Waals surface area contributed by atoms with E-state index in [1.807, 2.05) is 18.2 Å². The summed E-state index contributed by atoms with van der Waals surface area (Å²) in [6.45, 7) is 3.37. The normalized spacial score (nSPS) is 13.2. The van der Waals surface area contributed by atoms with Crippen LogP contribution < -0.4 is 20.1 Å². The summed E-state index contributed by atoms with van der Waals surface area (Å²) in [5.74, 6) is 3.52. The van der Waals surface area contributed by atoms with Crippen LogP contribution in [0.4, 0.5) is 0 Å². The fourth-order valence-corrected chi connectivity index (χ4v) is 2.19. The first-order valence-corrected chi connectivity index (χ1v) is 7.37. The van der Waals surface area contributed by atoms with Gasteiger partial charge in [0.05, 0.1) is 0 Å². The Morgan fingerprint density at radius 1 is 1.26 bits per heavy atom. The van der Waals surface area contributed by atoms with Crippen LogP contribution in [0, 0.1) is 6.92 Å². The molecule has 0 atom stereocenters. The maximum absolute atomic E-state index is 5.37. The lowest BCUT2D eigenvalue weighted by atomic mass is 10.2. The topological polar surface area (TPSA) is 93.8 Å². The average molecular weight is 317 g/mol. The van der Waals surface area contributed by atoms with Crippen LogP contribution in [0.5, 0.6) is 11.5 Å². The quantitative estimate of drug-likeness (QED) is 0.628. The Morgan fingerprint density at radius 3 is 2.91 bits per heavy atom. The van der Waals surface area contributed by atoms with Crippen molar-refractivity contribution < 1.29 is 14.0 Å². The molecule has 0 saturated carbocycles. The van der Waals surface area contributed by atoms with Crippen LogP contribution in [0.3, 0.4) is 0 Å². The smallest absolute Gasteiger partial charge is 0.231 e. The number of benzene rings is 1. The predicted octanol–water partition coefficient (Wildman–Crippen LogP) is 1.01. The molecule has 0 bridgehead atoms. The number of aromatic nitrogens is 2. The van der Waals surface area contributed by atoms with Gasteiger partial charge in [-0.1, -0.05) is 11.2 Å². The van der Waals surface area contributed by atoms with Gasteiger partial charge < -0.3 is 24.6 Å². The zero-order chi connectivity index (χ0) is 16.1. The molecule has 23 heavy (non-hydrogen) atoms. The minimum atomic E-state index is 0.282. The Bertz CT molecular complexity index is 698. The van der Waals surface area contributed by atoms with Crippen LogP contribution in [-0.4, -0.2) is 36.5 Å². The summed E-state index contributed by atoms with van der Waals surface area (Å²) in [6, 6.07) is 5.87. The summed E-state index contributed by atoms with van der Waals surface area (Å²) in [4.78, 5) is 8.34. The number of hydrogen-bond acceptors (Lipinski definition) is 6. The lowest BCUT2D eigenvalue weighted by Gasteiger charge is -2.11.